The van der Waals surface area contributed by atoms with Crippen molar-refractivity contribution in [3.8, 4) is 0 Å². The van der Waals surface area contributed by atoms with E-state index in [1.807, 2.05) is 18.5 Å². The van der Waals surface area contributed by atoms with Gasteiger partial charge in [-0.2, -0.15) is 0 Å². The van der Waals surface area contributed by atoms with E-state index >= 15 is 0 Å². The Labute approximate surface area is 42.4 Å². The summed E-state index contributed by atoms with van der Waals surface area (Å²) in [5.74, 6) is 0. The van der Waals surface area contributed by atoms with Crippen LogP contribution in [0, 0.1) is 6.17 Å². The molecular weight excluding hydrogens is 90.1 g/mol. The largest absolute Gasteiger partial charge is 0.311 e. The minimum Gasteiger partial charge on any atom is -0.231 e. The second-order valence-corrected chi connectivity index (χ2v) is 1.49. The standard InChI is InChI=1S/C4H7N3/c1-4-6-5-3-7(4)2/h3H,1-2H3/q+1. The summed E-state index contributed by atoms with van der Waals surface area (Å²) in [5, 5.41) is 7.36. The predicted octanol–water partition coefficient (Wildman–Crippen LogP) is 0.632. The first-order valence-electron chi connectivity index (χ1n) is 2.11. The van der Waals surface area contributed by atoms with Crippen molar-refractivity contribution in [3.63, 3.8) is 0 Å². The predicted molar refractivity (Wildman–Crippen MR) is 26.0 cm³/mol. The van der Waals surface area contributed by atoms with Crippen LogP contribution in [0.1, 0.15) is 6.92 Å². The molecule has 0 atom stereocenters. The van der Waals surface area contributed by atoms with Crippen LogP contribution in [-0.2, 0) is 0 Å². The highest BCUT2D eigenvalue weighted by Crippen LogP contribution is 2.03. The minimum atomic E-state index is 0.944. The van der Waals surface area contributed by atoms with Crippen LogP contribution in [0.5, 0.6) is 0 Å². The first kappa shape index (κ1) is 4.43. The maximum atomic E-state index is 3.73. The summed E-state index contributed by atoms with van der Waals surface area (Å²) < 4.78 is 1.86. The molecule has 0 N–H and O–H groups in total. The summed E-state index contributed by atoms with van der Waals surface area (Å²) in [6.45, 7) is 1.91. The molecule has 3 nitrogen and oxygen atoms in total. The third kappa shape index (κ3) is 0.656. The SMILES string of the molecule is C[C]1N=NC=[N+]1C. The van der Waals surface area contributed by atoms with Crippen LogP contribution < -0.4 is 0 Å². The maximum absolute atomic E-state index is 3.73. The lowest BCUT2D eigenvalue weighted by Crippen LogP contribution is -2.03. The molecule has 0 aliphatic carbocycles. The lowest BCUT2D eigenvalue weighted by atomic mass is 10.6. The summed E-state index contributed by atoms with van der Waals surface area (Å²) >= 11 is 0. The first-order chi connectivity index (χ1) is 3.30. The van der Waals surface area contributed by atoms with Crippen molar-refractivity contribution in [1.82, 2.24) is 0 Å². The quantitative estimate of drug-likeness (QED) is 0.396. The molecule has 7 heavy (non-hydrogen) atoms. The minimum absolute atomic E-state index is 0.944. The Kier molecular flexibility index (Phi) is 0.889. The zero-order valence-corrected chi connectivity index (χ0v) is 4.42. The Hall–Kier alpha value is -0.730. The molecule has 0 spiro atoms. The fourth-order valence-electron chi connectivity index (χ4n) is 0.341. The second kappa shape index (κ2) is 1.40. The molecule has 1 radical (unpaired) electrons. The summed E-state index contributed by atoms with van der Waals surface area (Å²) in [5.41, 5.74) is 0. The zero-order valence-electron chi connectivity index (χ0n) is 4.42. The fraction of sp³-hybridized carbons (Fsp3) is 0.500. The molecule has 0 bridgehead atoms. The third-order valence-electron chi connectivity index (χ3n) is 0.938. The van der Waals surface area contributed by atoms with E-state index in [0.29, 0.717) is 0 Å². The van der Waals surface area contributed by atoms with Gasteiger partial charge in [0.1, 0.15) is 0 Å². The van der Waals surface area contributed by atoms with Crippen LogP contribution in [0.25, 0.3) is 0 Å². The van der Waals surface area contributed by atoms with E-state index in [-0.39, 0.29) is 0 Å². The van der Waals surface area contributed by atoms with Gasteiger partial charge in [0.25, 0.3) is 0 Å². The highest BCUT2D eigenvalue weighted by atomic mass is 15.3. The van der Waals surface area contributed by atoms with Crippen LogP contribution in [0.3, 0.4) is 0 Å². The normalized spacial score (nSPS) is 20.6. The monoisotopic (exact) mass is 97.1 g/mol. The molecule has 0 aromatic carbocycles. The topological polar surface area (TPSA) is 27.7 Å². The molecular formula is C4H7N3+. The maximum Gasteiger partial charge on any atom is 0.311 e. The highest BCUT2D eigenvalue weighted by molar-refractivity contribution is 5.49. The van der Waals surface area contributed by atoms with Gasteiger partial charge in [0.05, 0.1) is 12.2 Å². The van der Waals surface area contributed by atoms with Gasteiger partial charge in [-0.1, -0.05) is 0 Å². The molecule has 0 saturated carbocycles. The molecule has 0 aromatic heterocycles. The van der Waals surface area contributed by atoms with Crippen molar-refractivity contribution >= 4 is 6.34 Å². The van der Waals surface area contributed by atoms with Crippen molar-refractivity contribution in [2.24, 2.45) is 10.2 Å². The van der Waals surface area contributed by atoms with Crippen LogP contribution in [0.2, 0.25) is 0 Å². The van der Waals surface area contributed by atoms with E-state index in [1.54, 1.807) is 6.34 Å². The molecule has 0 amide bonds. The molecule has 1 heterocycles. The molecule has 3 heteroatoms. The smallest absolute Gasteiger partial charge is 0.231 e. The Balaban J connectivity index is 2.69. The summed E-state index contributed by atoms with van der Waals surface area (Å²) in [6, 6.07) is 0. The Bertz CT molecular complexity index is 125. The van der Waals surface area contributed by atoms with Crippen LogP contribution in [0.15, 0.2) is 10.2 Å². The summed E-state index contributed by atoms with van der Waals surface area (Å²) in [4.78, 5) is 0. The Morgan fingerprint density at radius 2 is 2.43 bits per heavy atom. The van der Waals surface area contributed by atoms with Gasteiger partial charge < -0.3 is 0 Å². The number of nitrogens with zero attached hydrogens (tertiary/aromatic N) is 3. The average molecular weight is 97.1 g/mol. The molecule has 0 saturated heterocycles. The molecule has 1 aliphatic heterocycles. The van der Waals surface area contributed by atoms with E-state index in [2.05, 4.69) is 10.2 Å². The number of hydrogen-bond donors (Lipinski definition) is 0. The number of hydrogen-bond acceptors (Lipinski definition) is 2. The fourth-order valence-corrected chi connectivity index (χ4v) is 0.341. The van der Waals surface area contributed by atoms with Gasteiger partial charge in [-0.25, -0.2) is 4.58 Å². The number of rotatable bonds is 0. The lowest BCUT2D eigenvalue weighted by Gasteiger charge is -1.87. The van der Waals surface area contributed by atoms with Gasteiger partial charge in [-0.15, -0.1) is 0 Å². The van der Waals surface area contributed by atoms with Crippen LogP contribution >= 0.6 is 0 Å². The second-order valence-electron chi connectivity index (χ2n) is 1.49. The molecule has 37 valence electrons. The summed E-state index contributed by atoms with van der Waals surface area (Å²) in [6.07, 6.45) is 2.62. The van der Waals surface area contributed by atoms with E-state index < -0.39 is 0 Å². The van der Waals surface area contributed by atoms with Gasteiger partial charge in [0.2, 0.25) is 0 Å². The molecule has 0 fully saturated rings. The zero-order chi connectivity index (χ0) is 5.28. The van der Waals surface area contributed by atoms with Crippen LogP contribution in [-0.4, -0.2) is 18.0 Å². The Morgan fingerprint density at radius 3 is 2.57 bits per heavy atom. The van der Waals surface area contributed by atoms with Gasteiger partial charge >= 0.3 is 12.5 Å². The molecule has 1 aliphatic rings. The van der Waals surface area contributed by atoms with Crippen molar-refractivity contribution in [1.29, 1.82) is 0 Å². The van der Waals surface area contributed by atoms with Gasteiger partial charge in [0, 0.05) is 6.92 Å². The first-order valence-corrected chi connectivity index (χ1v) is 2.11. The number of azo groups is 1. The Morgan fingerprint density at radius 1 is 1.71 bits per heavy atom. The third-order valence-corrected chi connectivity index (χ3v) is 0.938. The highest BCUT2D eigenvalue weighted by Gasteiger charge is 2.14. The van der Waals surface area contributed by atoms with E-state index in [4.69, 9.17) is 0 Å². The lowest BCUT2D eigenvalue weighted by molar-refractivity contribution is -0.471. The summed E-state index contributed by atoms with van der Waals surface area (Å²) in [7, 11) is 1.91. The van der Waals surface area contributed by atoms with Crippen molar-refractivity contribution in [3.05, 3.63) is 6.17 Å². The molecule has 1 rings (SSSR count). The average Bonchev–Trinajstić information content (AvgIpc) is 1.91. The van der Waals surface area contributed by atoms with E-state index in [0.717, 1.165) is 6.17 Å². The van der Waals surface area contributed by atoms with E-state index in [1.165, 1.54) is 0 Å². The van der Waals surface area contributed by atoms with Crippen molar-refractivity contribution in [2.75, 3.05) is 7.05 Å². The molecule has 0 aromatic rings. The van der Waals surface area contributed by atoms with E-state index in [9.17, 15) is 0 Å². The van der Waals surface area contributed by atoms with Crippen molar-refractivity contribution < 1.29 is 4.58 Å². The van der Waals surface area contributed by atoms with Gasteiger partial charge in [-0.05, 0) is 5.11 Å². The van der Waals surface area contributed by atoms with Crippen LogP contribution in [0.4, 0.5) is 0 Å². The molecule has 0 unspecified atom stereocenters. The van der Waals surface area contributed by atoms with Gasteiger partial charge in [-0.3, -0.25) is 0 Å². The van der Waals surface area contributed by atoms with Gasteiger partial charge in [0.15, 0.2) is 0 Å². The van der Waals surface area contributed by atoms with Crippen molar-refractivity contribution in [2.45, 2.75) is 6.92 Å².